The Balaban J connectivity index is 1.86. The van der Waals surface area contributed by atoms with Gasteiger partial charge in [-0.25, -0.2) is 0 Å². The highest BCUT2D eigenvalue weighted by Gasteiger charge is 2.42. The third-order valence-electron chi connectivity index (χ3n) is 4.35. The molecule has 0 spiro atoms. The van der Waals surface area contributed by atoms with Crippen molar-refractivity contribution >= 4 is 35.2 Å². The van der Waals surface area contributed by atoms with E-state index in [-0.39, 0.29) is 5.91 Å². The van der Waals surface area contributed by atoms with E-state index >= 15 is 0 Å². The molecule has 6 heteroatoms. The van der Waals surface area contributed by atoms with Crippen molar-refractivity contribution in [1.82, 2.24) is 4.90 Å². The van der Waals surface area contributed by atoms with Crippen LogP contribution in [0.3, 0.4) is 0 Å². The number of benzene rings is 2. The van der Waals surface area contributed by atoms with Crippen molar-refractivity contribution in [3.63, 3.8) is 0 Å². The maximum atomic E-state index is 12.9. The van der Waals surface area contributed by atoms with Crippen LogP contribution in [0.4, 0.5) is 5.69 Å². The molecule has 0 fully saturated rings. The summed E-state index contributed by atoms with van der Waals surface area (Å²) >= 11 is 1.57. The standard InChI is InChI=1S/C20H20N2O3S/c1-13-7-9-14(10-8-13)21-18(23)17(11-12-26-2)22-19(24)15-5-3-4-6-16(15)20(22)25/h3-10,17H,11-12H2,1-2H3,(H,21,23)/t17-/m1/s1. The molecule has 1 aliphatic heterocycles. The topological polar surface area (TPSA) is 66.5 Å². The van der Waals surface area contributed by atoms with Crippen LogP contribution in [0.25, 0.3) is 0 Å². The molecule has 134 valence electrons. The van der Waals surface area contributed by atoms with Crippen molar-refractivity contribution in [3.05, 3.63) is 65.2 Å². The third-order valence-corrected chi connectivity index (χ3v) is 5.00. The summed E-state index contributed by atoms with van der Waals surface area (Å²) < 4.78 is 0. The summed E-state index contributed by atoms with van der Waals surface area (Å²) in [6.45, 7) is 1.96. The summed E-state index contributed by atoms with van der Waals surface area (Å²) in [6, 6.07) is 13.3. The van der Waals surface area contributed by atoms with E-state index in [9.17, 15) is 14.4 Å². The number of rotatable bonds is 6. The van der Waals surface area contributed by atoms with Crippen molar-refractivity contribution in [2.45, 2.75) is 19.4 Å². The fourth-order valence-corrected chi connectivity index (χ4v) is 3.42. The highest BCUT2D eigenvalue weighted by molar-refractivity contribution is 7.98. The first kappa shape index (κ1) is 18.2. The van der Waals surface area contributed by atoms with Gasteiger partial charge in [0.25, 0.3) is 11.8 Å². The van der Waals surface area contributed by atoms with Gasteiger partial charge in [0, 0.05) is 5.69 Å². The number of nitrogens with one attached hydrogen (secondary N) is 1. The van der Waals surface area contributed by atoms with Crippen molar-refractivity contribution in [2.24, 2.45) is 0 Å². The zero-order chi connectivity index (χ0) is 18.7. The lowest BCUT2D eigenvalue weighted by molar-refractivity contribution is -0.120. The Morgan fingerprint density at radius 1 is 1.04 bits per heavy atom. The Morgan fingerprint density at radius 2 is 1.62 bits per heavy atom. The van der Waals surface area contributed by atoms with Gasteiger partial charge in [0.1, 0.15) is 6.04 Å². The number of aryl methyl sites for hydroxylation is 1. The van der Waals surface area contributed by atoms with Crippen molar-refractivity contribution < 1.29 is 14.4 Å². The Labute approximate surface area is 156 Å². The van der Waals surface area contributed by atoms with Gasteiger partial charge in [-0.3, -0.25) is 19.3 Å². The van der Waals surface area contributed by atoms with Crippen LogP contribution >= 0.6 is 11.8 Å². The zero-order valence-electron chi connectivity index (χ0n) is 14.7. The van der Waals surface area contributed by atoms with Crippen LogP contribution in [-0.4, -0.2) is 40.7 Å². The predicted molar refractivity (Wildman–Crippen MR) is 104 cm³/mol. The number of carbonyl (C=O) groups excluding carboxylic acids is 3. The van der Waals surface area contributed by atoms with Crippen LogP contribution < -0.4 is 5.32 Å². The van der Waals surface area contributed by atoms with E-state index in [0.29, 0.717) is 29.0 Å². The monoisotopic (exact) mass is 368 g/mol. The van der Waals surface area contributed by atoms with Crippen molar-refractivity contribution in [1.29, 1.82) is 0 Å². The van der Waals surface area contributed by atoms with Gasteiger partial charge in [0.2, 0.25) is 5.91 Å². The molecule has 0 saturated carbocycles. The highest BCUT2D eigenvalue weighted by Crippen LogP contribution is 2.26. The largest absolute Gasteiger partial charge is 0.324 e. The highest BCUT2D eigenvalue weighted by atomic mass is 32.2. The molecular weight excluding hydrogens is 348 g/mol. The second kappa shape index (κ2) is 7.74. The average Bonchev–Trinajstić information content (AvgIpc) is 2.89. The Hall–Kier alpha value is -2.60. The number of imide groups is 1. The number of thioether (sulfide) groups is 1. The van der Waals surface area contributed by atoms with Crippen LogP contribution in [0.2, 0.25) is 0 Å². The van der Waals surface area contributed by atoms with E-state index in [1.165, 1.54) is 0 Å². The lowest BCUT2D eigenvalue weighted by Crippen LogP contribution is -2.47. The molecule has 1 atom stereocenters. The number of hydrogen-bond donors (Lipinski definition) is 1. The van der Waals surface area contributed by atoms with Crippen molar-refractivity contribution in [3.8, 4) is 0 Å². The van der Waals surface area contributed by atoms with E-state index in [1.807, 2.05) is 25.3 Å². The molecular formula is C20H20N2O3S. The lowest BCUT2D eigenvalue weighted by Gasteiger charge is -2.25. The van der Waals surface area contributed by atoms with Gasteiger partial charge in [-0.2, -0.15) is 11.8 Å². The molecule has 3 amide bonds. The predicted octanol–water partition coefficient (Wildman–Crippen LogP) is 3.35. The molecule has 1 aliphatic rings. The normalized spacial score (nSPS) is 14.3. The fraction of sp³-hybridized carbons (Fsp3) is 0.250. The summed E-state index contributed by atoms with van der Waals surface area (Å²) in [5, 5.41) is 2.83. The molecule has 2 aromatic rings. The van der Waals surface area contributed by atoms with Crippen LogP contribution in [0.15, 0.2) is 48.5 Å². The second-order valence-electron chi connectivity index (χ2n) is 6.18. The van der Waals surface area contributed by atoms with Crippen LogP contribution in [0.5, 0.6) is 0 Å². The minimum atomic E-state index is -0.837. The van der Waals surface area contributed by atoms with Crippen LogP contribution in [0, 0.1) is 6.92 Å². The first-order valence-corrected chi connectivity index (χ1v) is 9.75. The molecule has 1 N–H and O–H groups in total. The quantitative estimate of drug-likeness (QED) is 0.794. The average molecular weight is 368 g/mol. The summed E-state index contributed by atoms with van der Waals surface area (Å²) in [5.41, 5.74) is 2.44. The molecule has 0 bridgehead atoms. The molecule has 0 aromatic heterocycles. The Bertz CT molecular complexity index is 813. The molecule has 0 radical (unpaired) electrons. The van der Waals surface area contributed by atoms with Gasteiger partial charge in [0.15, 0.2) is 0 Å². The molecule has 0 unspecified atom stereocenters. The number of fused-ring (bicyclic) bond motifs is 1. The van der Waals surface area contributed by atoms with Gasteiger partial charge in [0.05, 0.1) is 11.1 Å². The summed E-state index contributed by atoms with van der Waals surface area (Å²) in [6.07, 6.45) is 2.33. The SMILES string of the molecule is CSCC[C@H](C(=O)Nc1ccc(C)cc1)N1C(=O)c2ccccc2C1=O. The second-order valence-corrected chi connectivity index (χ2v) is 7.16. The molecule has 5 nitrogen and oxygen atoms in total. The summed E-state index contributed by atoms with van der Waals surface area (Å²) in [4.78, 5) is 39.4. The Morgan fingerprint density at radius 3 is 2.15 bits per heavy atom. The molecule has 0 aliphatic carbocycles. The van der Waals surface area contributed by atoms with E-state index < -0.39 is 17.9 Å². The fourth-order valence-electron chi connectivity index (χ4n) is 2.96. The van der Waals surface area contributed by atoms with Gasteiger partial charge >= 0.3 is 0 Å². The number of carbonyl (C=O) groups is 3. The van der Waals surface area contributed by atoms with Gasteiger partial charge in [-0.1, -0.05) is 29.8 Å². The lowest BCUT2D eigenvalue weighted by atomic mass is 10.1. The first-order chi connectivity index (χ1) is 12.5. The van der Waals surface area contributed by atoms with E-state index in [1.54, 1.807) is 48.2 Å². The van der Waals surface area contributed by atoms with Gasteiger partial charge in [-0.05, 0) is 49.6 Å². The number of anilines is 1. The minimum Gasteiger partial charge on any atom is -0.324 e. The van der Waals surface area contributed by atoms with E-state index in [2.05, 4.69) is 5.32 Å². The van der Waals surface area contributed by atoms with E-state index in [4.69, 9.17) is 0 Å². The zero-order valence-corrected chi connectivity index (χ0v) is 15.5. The smallest absolute Gasteiger partial charge is 0.262 e. The van der Waals surface area contributed by atoms with Gasteiger partial charge in [-0.15, -0.1) is 0 Å². The first-order valence-electron chi connectivity index (χ1n) is 8.36. The minimum absolute atomic E-state index is 0.350. The van der Waals surface area contributed by atoms with Crippen molar-refractivity contribution in [2.75, 3.05) is 17.3 Å². The number of hydrogen-bond acceptors (Lipinski definition) is 4. The molecule has 1 heterocycles. The number of amides is 3. The number of nitrogens with zero attached hydrogens (tertiary/aromatic N) is 1. The molecule has 3 rings (SSSR count). The Kier molecular flexibility index (Phi) is 5.42. The van der Waals surface area contributed by atoms with E-state index in [0.717, 1.165) is 10.5 Å². The maximum Gasteiger partial charge on any atom is 0.262 e. The third kappa shape index (κ3) is 3.51. The summed E-state index contributed by atoms with van der Waals surface area (Å²) in [7, 11) is 0. The molecule has 0 saturated heterocycles. The van der Waals surface area contributed by atoms with Gasteiger partial charge < -0.3 is 5.32 Å². The van der Waals surface area contributed by atoms with Crippen LogP contribution in [-0.2, 0) is 4.79 Å². The molecule has 2 aromatic carbocycles. The summed E-state index contributed by atoms with van der Waals surface area (Å²) in [5.74, 6) is -0.497. The molecule has 26 heavy (non-hydrogen) atoms. The maximum absolute atomic E-state index is 12.9. The van der Waals surface area contributed by atoms with Crippen LogP contribution in [0.1, 0.15) is 32.7 Å².